The number of fused-ring (bicyclic) bond motifs is 1. The molecule has 3 aromatic rings. The van der Waals surface area contributed by atoms with Gasteiger partial charge in [0.1, 0.15) is 17.7 Å². The summed E-state index contributed by atoms with van der Waals surface area (Å²) in [4.78, 5) is 17.7. The van der Waals surface area contributed by atoms with Gasteiger partial charge in [-0.25, -0.2) is 4.39 Å². The Labute approximate surface area is 248 Å². The van der Waals surface area contributed by atoms with Gasteiger partial charge in [0.25, 0.3) is 0 Å². The number of carbonyl (C=O) groups is 1. The molecule has 228 valence electrons. The fourth-order valence-electron chi connectivity index (χ4n) is 6.85. The minimum atomic E-state index is -4.24. The Hall–Kier alpha value is -3.46. The fraction of sp³-hybridized carbons (Fsp3) is 0.471. The molecular weight excluding hydrogens is 560 g/mol. The molecule has 43 heavy (non-hydrogen) atoms. The Morgan fingerprint density at radius 2 is 1.88 bits per heavy atom. The normalized spacial score (nSPS) is 22.1. The van der Waals surface area contributed by atoms with Crippen molar-refractivity contribution in [2.45, 2.75) is 70.7 Å². The summed E-state index contributed by atoms with van der Waals surface area (Å²) in [5.74, 6) is -2.12. The monoisotopic (exact) mass is 596 g/mol. The molecule has 9 heteroatoms. The average Bonchev–Trinajstić information content (AvgIpc) is 3.68. The second-order valence-corrected chi connectivity index (χ2v) is 12.5. The van der Waals surface area contributed by atoms with E-state index in [-0.39, 0.29) is 31.5 Å². The third-order valence-corrected chi connectivity index (χ3v) is 9.39. The molecule has 1 unspecified atom stereocenters. The highest BCUT2D eigenvalue weighted by Gasteiger charge is 2.43. The number of aromatic nitrogens is 1. The van der Waals surface area contributed by atoms with Crippen LogP contribution in [0.2, 0.25) is 0 Å². The van der Waals surface area contributed by atoms with Crippen molar-refractivity contribution in [1.29, 1.82) is 0 Å². The maximum absolute atomic E-state index is 15.0. The number of nitrogens with zero attached hydrogens (tertiary/aromatic N) is 2. The number of alkyl halides is 3. The standard InChI is InChI=1S/C34H36F4N2O3/c1-19-13-28(29(35)16-39-19)27-9-7-23(14-25(27)17-40-12-11-26(18-40)34(36,37)38)30-10-8-21-3-6-24(15-31(21)43-30)32(22-4-5-22)20(2)33(41)42/h3,6-7,9,13-16,20,22,26,30,32H,4-5,8,10-12,17-18H2,1-2H3,(H,41,42)/t20-,26+,30?,32-/m0/s1. The van der Waals surface area contributed by atoms with Gasteiger partial charge >= 0.3 is 12.1 Å². The summed E-state index contributed by atoms with van der Waals surface area (Å²) < 4.78 is 61.8. The Morgan fingerprint density at radius 1 is 1.09 bits per heavy atom. The number of aryl methyl sites for hydroxylation is 2. The van der Waals surface area contributed by atoms with Crippen molar-refractivity contribution in [3.63, 3.8) is 0 Å². The van der Waals surface area contributed by atoms with Gasteiger partial charge in [0.05, 0.1) is 18.0 Å². The van der Waals surface area contributed by atoms with Gasteiger partial charge in [0.15, 0.2) is 0 Å². The summed E-state index contributed by atoms with van der Waals surface area (Å²) >= 11 is 0. The zero-order valence-corrected chi connectivity index (χ0v) is 24.3. The number of hydrogen-bond donors (Lipinski definition) is 1. The van der Waals surface area contributed by atoms with Crippen LogP contribution in [0.4, 0.5) is 17.6 Å². The first kappa shape index (κ1) is 29.6. The van der Waals surface area contributed by atoms with Crippen molar-refractivity contribution in [1.82, 2.24) is 9.88 Å². The summed E-state index contributed by atoms with van der Waals surface area (Å²) in [5, 5.41) is 9.72. The molecular formula is C34H36F4N2O3. The fourth-order valence-corrected chi connectivity index (χ4v) is 6.85. The molecule has 2 aliphatic heterocycles. The predicted octanol–water partition coefficient (Wildman–Crippen LogP) is 7.86. The third-order valence-electron chi connectivity index (χ3n) is 9.39. The number of carboxylic acid groups (broad SMARTS) is 1. The van der Waals surface area contributed by atoms with Crippen LogP contribution in [0.1, 0.15) is 72.6 Å². The number of hydrogen-bond acceptors (Lipinski definition) is 4. The zero-order chi connectivity index (χ0) is 30.5. The maximum atomic E-state index is 15.0. The van der Waals surface area contributed by atoms with E-state index in [0.29, 0.717) is 35.7 Å². The van der Waals surface area contributed by atoms with Crippen LogP contribution in [0.3, 0.4) is 0 Å². The second kappa shape index (κ2) is 11.6. The molecule has 0 amide bonds. The average molecular weight is 597 g/mol. The van der Waals surface area contributed by atoms with Gasteiger partial charge in [-0.3, -0.25) is 14.7 Å². The zero-order valence-electron chi connectivity index (χ0n) is 24.3. The van der Waals surface area contributed by atoms with Crippen LogP contribution in [0.15, 0.2) is 48.7 Å². The Kier molecular flexibility index (Phi) is 7.96. The molecule has 1 saturated carbocycles. The first-order valence-corrected chi connectivity index (χ1v) is 15.0. The lowest BCUT2D eigenvalue weighted by molar-refractivity contribution is -0.170. The van der Waals surface area contributed by atoms with E-state index >= 15 is 0 Å². The van der Waals surface area contributed by atoms with Crippen LogP contribution >= 0.6 is 0 Å². The topological polar surface area (TPSA) is 62.7 Å². The van der Waals surface area contributed by atoms with Gasteiger partial charge in [-0.1, -0.05) is 37.3 Å². The molecule has 6 rings (SSSR count). The van der Waals surface area contributed by atoms with Crippen LogP contribution in [0.5, 0.6) is 5.75 Å². The van der Waals surface area contributed by atoms with E-state index in [2.05, 4.69) is 4.98 Å². The van der Waals surface area contributed by atoms with Gasteiger partial charge in [0.2, 0.25) is 0 Å². The number of ether oxygens (including phenoxy) is 1. The summed E-state index contributed by atoms with van der Waals surface area (Å²) in [6, 6.07) is 13.4. The van der Waals surface area contributed by atoms with Crippen molar-refractivity contribution in [3.8, 4) is 16.9 Å². The second-order valence-electron chi connectivity index (χ2n) is 12.5. The third kappa shape index (κ3) is 6.28. The highest BCUT2D eigenvalue weighted by molar-refractivity contribution is 5.71. The van der Waals surface area contributed by atoms with E-state index in [9.17, 15) is 27.5 Å². The number of pyridine rings is 1. The van der Waals surface area contributed by atoms with Crippen molar-refractivity contribution in [2.24, 2.45) is 17.8 Å². The molecule has 3 aliphatic rings. The van der Waals surface area contributed by atoms with Crippen molar-refractivity contribution >= 4 is 5.97 Å². The lowest BCUT2D eigenvalue weighted by Crippen LogP contribution is -2.27. The molecule has 0 bridgehead atoms. The molecule has 3 heterocycles. The van der Waals surface area contributed by atoms with E-state index in [1.165, 1.54) is 6.20 Å². The lowest BCUT2D eigenvalue weighted by atomic mass is 9.82. The van der Waals surface area contributed by atoms with E-state index in [1.54, 1.807) is 24.8 Å². The molecule has 5 nitrogen and oxygen atoms in total. The summed E-state index contributed by atoms with van der Waals surface area (Å²) in [7, 11) is 0. The van der Waals surface area contributed by atoms with Crippen LogP contribution in [0.25, 0.3) is 11.1 Å². The number of aliphatic carboxylic acids is 1. The predicted molar refractivity (Wildman–Crippen MR) is 154 cm³/mol. The number of carboxylic acids is 1. The van der Waals surface area contributed by atoms with E-state index in [1.807, 2.05) is 36.4 Å². The molecule has 2 fully saturated rings. The number of rotatable bonds is 8. The summed E-state index contributed by atoms with van der Waals surface area (Å²) in [6.45, 7) is 4.04. The van der Waals surface area contributed by atoms with Gasteiger partial charge in [-0.15, -0.1) is 0 Å². The van der Waals surface area contributed by atoms with Gasteiger partial charge in [-0.05, 0) is 97.4 Å². The first-order valence-electron chi connectivity index (χ1n) is 15.0. The summed E-state index contributed by atoms with van der Waals surface area (Å²) in [5.41, 5.74) is 5.33. The van der Waals surface area contributed by atoms with Gasteiger partial charge < -0.3 is 9.84 Å². The minimum absolute atomic E-state index is 0.0501. The van der Waals surface area contributed by atoms with Crippen molar-refractivity contribution < 1.29 is 32.2 Å². The number of benzene rings is 2. The van der Waals surface area contributed by atoms with Gasteiger partial charge in [-0.2, -0.15) is 13.2 Å². The molecule has 0 radical (unpaired) electrons. The minimum Gasteiger partial charge on any atom is -0.485 e. The van der Waals surface area contributed by atoms with E-state index in [0.717, 1.165) is 47.3 Å². The Bertz CT molecular complexity index is 1520. The Balaban J connectivity index is 1.30. The van der Waals surface area contributed by atoms with Crippen LogP contribution in [0, 0.1) is 30.5 Å². The Morgan fingerprint density at radius 3 is 2.58 bits per heavy atom. The smallest absolute Gasteiger partial charge is 0.393 e. The maximum Gasteiger partial charge on any atom is 0.393 e. The molecule has 4 atom stereocenters. The van der Waals surface area contributed by atoms with E-state index < -0.39 is 29.8 Å². The number of likely N-dealkylation sites (tertiary alicyclic amines) is 1. The molecule has 1 aliphatic carbocycles. The van der Waals surface area contributed by atoms with E-state index in [4.69, 9.17) is 4.74 Å². The molecule has 2 aromatic carbocycles. The molecule has 1 saturated heterocycles. The van der Waals surface area contributed by atoms with Crippen molar-refractivity contribution in [2.75, 3.05) is 13.1 Å². The highest BCUT2D eigenvalue weighted by atomic mass is 19.4. The molecule has 0 spiro atoms. The van der Waals surface area contributed by atoms with Crippen LogP contribution in [-0.2, 0) is 17.8 Å². The quantitative estimate of drug-likeness (QED) is 0.268. The summed E-state index contributed by atoms with van der Waals surface area (Å²) in [6.07, 6.45) is 0.231. The first-order chi connectivity index (χ1) is 20.5. The van der Waals surface area contributed by atoms with Gasteiger partial charge in [0, 0.05) is 24.3 Å². The SMILES string of the molecule is Cc1cc(-c2ccc(C3CCc4ccc([C@H](C5CC5)[C@H](C)C(=O)O)cc4O3)cc2CN2CC[C@@H](C(F)(F)F)C2)c(F)cn1. The van der Waals surface area contributed by atoms with Crippen LogP contribution in [-0.4, -0.2) is 40.2 Å². The number of halogens is 4. The van der Waals surface area contributed by atoms with Crippen LogP contribution < -0.4 is 4.74 Å². The lowest BCUT2D eigenvalue weighted by Gasteiger charge is -2.29. The molecule has 1 N–H and O–H groups in total. The highest BCUT2D eigenvalue weighted by Crippen LogP contribution is 2.48. The largest absolute Gasteiger partial charge is 0.485 e. The van der Waals surface area contributed by atoms with Crippen molar-refractivity contribution in [3.05, 3.63) is 82.4 Å². The molecule has 1 aromatic heterocycles.